The number of pyridine rings is 1. The second kappa shape index (κ2) is 6.95. The van der Waals surface area contributed by atoms with Crippen LogP contribution in [0.3, 0.4) is 0 Å². The van der Waals surface area contributed by atoms with Gasteiger partial charge in [0.25, 0.3) is 0 Å². The smallest absolute Gasteiger partial charge is 0.221 e. The first-order valence-corrected chi connectivity index (χ1v) is 5.61. The Morgan fingerprint density at radius 1 is 1.50 bits per heavy atom. The average molecular weight is 221 g/mol. The molecule has 1 amide bonds. The molecule has 0 aliphatic rings. The fourth-order valence-corrected chi connectivity index (χ4v) is 1.34. The van der Waals surface area contributed by atoms with Crippen LogP contribution in [0.15, 0.2) is 18.5 Å². The summed E-state index contributed by atoms with van der Waals surface area (Å²) in [5.41, 5.74) is 2.22. The van der Waals surface area contributed by atoms with E-state index in [4.69, 9.17) is 0 Å². The maximum Gasteiger partial charge on any atom is 0.221 e. The summed E-state index contributed by atoms with van der Waals surface area (Å²) < 4.78 is 0. The van der Waals surface area contributed by atoms with Crippen LogP contribution in [0, 0.1) is 6.92 Å². The minimum atomic E-state index is 0.0733. The van der Waals surface area contributed by atoms with Crippen LogP contribution in [-0.4, -0.2) is 24.0 Å². The molecule has 1 rings (SSSR count). The van der Waals surface area contributed by atoms with Crippen molar-refractivity contribution in [1.82, 2.24) is 15.6 Å². The molecular weight excluding hydrogens is 202 g/mol. The van der Waals surface area contributed by atoms with Gasteiger partial charge in [-0.05, 0) is 30.7 Å². The van der Waals surface area contributed by atoms with Gasteiger partial charge in [0.15, 0.2) is 0 Å². The molecule has 0 fully saturated rings. The third-order valence-electron chi connectivity index (χ3n) is 2.40. The predicted octanol–water partition coefficient (Wildman–Crippen LogP) is 1.01. The zero-order valence-corrected chi connectivity index (χ0v) is 9.92. The fraction of sp³-hybridized carbons (Fsp3) is 0.500. The first-order chi connectivity index (χ1) is 7.74. The van der Waals surface area contributed by atoms with Crippen molar-refractivity contribution < 1.29 is 4.79 Å². The van der Waals surface area contributed by atoms with Gasteiger partial charge in [0.05, 0.1) is 0 Å². The van der Waals surface area contributed by atoms with Gasteiger partial charge in [0, 0.05) is 31.9 Å². The van der Waals surface area contributed by atoms with E-state index in [-0.39, 0.29) is 5.91 Å². The number of amides is 1. The topological polar surface area (TPSA) is 54.0 Å². The highest BCUT2D eigenvalue weighted by atomic mass is 16.1. The van der Waals surface area contributed by atoms with Crippen LogP contribution in [0.4, 0.5) is 0 Å². The minimum Gasteiger partial charge on any atom is -0.352 e. The van der Waals surface area contributed by atoms with Gasteiger partial charge in [0.1, 0.15) is 0 Å². The van der Waals surface area contributed by atoms with Gasteiger partial charge in [-0.3, -0.25) is 9.78 Å². The largest absolute Gasteiger partial charge is 0.352 e. The quantitative estimate of drug-likeness (QED) is 0.705. The maximum atomic E-state index is 11.4. The molecule has 2 N–H and O–H groups in total. The van der Waals surface area contributed by atoms with Crippen molar-refractivity contribution in [2.45, 2.75) is 26.8 Å². The normalized spacial score (nSPS) is 10.1. The zero-order chi connectivity index (χ0) is 11.8. The summed E-state index contributed by atoms with van der Waals surface area (Å²) in [6, 6.07) is 1.94. The molecule has 0 unspecified atom stereocenters. The third-order valence-corrected chi connectivity index (χ3v) is 2.40. The van der Waals surface area contributed by atoms with E-state index in [0.29, 0.717) is 13.0 Å². The first kappa shape index (κ1) is 12.6. The summed E-state index contributed by atoms with van der Waals surface area (Å²) >= 11 is 0. The molecule has 1 heterocycles. The Kier molecular flexibility index (Phi) is 5.50. The molecule has 1 aromatic heterocycles. The average Bonchev–Trinajstić information content (AvgIpc) is 2.28. The van der Waals surface area contributed by atoms with E-state index in [9.17, 15) is 4.79 Å². The van der Waals surface area contributed by atoms with Gasteiger partial charge in [-0.2, -0.15) is 0 Å². The molecule has 88 valence electrons. The van der Waals surface area contributed by atoms with E-state index in [1.165, 1.54) is 0 Å². The molecule has 0 atom stereocenters. The van der Waals surface area contributed by atoms with Gasteiger partial charge in [0.2, 0.25) is 5.91 Å². The van der Waals surface area contributed by atoms with Crippen LogP contribution >= 0.6 is 0 Å². The second-order valence-corrected chi connectivity index (χ2v) is 3.68. The van der Waals surface area contributed by atoms with E-state index in [0.717, 1.165) is 24.2 Å². The maximum absolute atomic E-state index is 11.4. The highest BCUT2D eigenvalue weighted by Gasteiger charge is 2.02. The molecule has 0 saturated heterocycles. The molecule has 0 radical (unpaired) electrons. The van der Waals surface area contributed by atoms with Crippen molar-refractivity contribution in [2.75, 3.05) is 13.1 Å². The van der Waals surface area contributed by atoms with Gasteiger partial charge in [-0.1, -0.05) is 6.92 Å². The molecule has 0 aliphatic heterocycles. The number of hydrogen-bond acceptors (Lipinski definition) is 3. The molecule has 4 nitrogen and oxygen atoms in total. The summed E-state index contributed by atoms with van der Waals surface area (Å²) in [7, 11) is 0. The lowest BCUT2D eigenvalue weighted by Crippen LogP contribution is -2.27. The van der Waals surface area contributed by atoms with E-state index < -0.39 is 0 Å². The molecular formula is C12H19N3O. The molecule has 0 saturated carbocycles. The van der Waals surface area contributed by atoms with E-state index in [2.05, 4.69) is 15.6 Å². The Hall–Kier alpha value is -1.42. The van der Waals surface area contributed by atoms with Crippen molar-refractivity contribution in [3.05, 3.63) is 29.6 Å². The van der Waals surface area contributed by atoms with Crippen molar-refractivity contribution in [3.8, 4) is 0 Å². The van der Waals surface area contributed by atoms with Crippen molar-refractivity contribution in [3.63, 3.8) is 0 Å². The monoisotopic (exact) mass is 221 g/mol. The number of nitrogens with zero attached hydrogens (tertiary/aromatic N) is 1. The number of hydrogen-bond donors (Lipinski definition) is 2. The highest BCUT2D eigenvalue weighted by Crippen LogP contribution is 2.03. The third kappa shape index (κ3) is 4.40. The Labute approximate surface area is 96.5 Å². The predicted molar refractivity (Wildman–Crippen MR) is 64.0 cm³/mol. The number of carbonyl (C=O) groups excluding carboxylic acids is 1. The first-order valence-electron chi connectivity index (χ1n) is 5.61. The Bertz CT molecular complexity index is 339. The van der Waals surface area contributed by atoms with E-state index in [1.54, 1.807) is 12.4 Å². The van der Waals surface area contributed by atoms with E-state index in [1.807, 2.05) is 19.9 Å². The lowest BCUT2D eigenvalue weighted by molar-refractivity contribution is -0.121. The summed E-state index contributed by atoms with van der Waals surface area (Å²) in [6.07, 6.45) is 4.07. The molecule has 0 spiro atoms. The zero-order valence-electron chi connectivity index (χ0n) is 9.92. The Morgan fingerprint density at radius 3 is 3.00 bits per heavy atom. The number of carbonyl (C=O) groups is 1. The fourth-order valence-electron chi connectivity index (χ4n) is 1.34. The van der Waals surface area contributed by atoms with Crippen molar-refractivity contribution in [2.24, 2.45) is 0 Å². The number of rotatable bonds is 6. The molecule has 16 heavy (non-hydrogen) atoms. The Morgan fingerprint density at radius 2 is 2.31 bits per heavy atom. The van der Waals surface area contributed by atoms with Gasteiger partial charge < -0.3 is 10.6 Å². The van der Waals surface area contributed by atoms with Crippen LogP contribution < -0.4 is 10.6 Å². The lowest BCUT2D eigenvalue weighted by Gasteiger charge is -2.07. The summed E-state index contributed by atoms with van der Waals surface area (Å²) in [5.74, 6) is 0.0733. The van der Waals surface area contributed by atoms with Crippen LogP contribution in [0.25, 0.3) is 0 Å². The van der Waals surface area contributed by atoms with Crippen molar-refractivity contribution >= 4 is 5.91 Å². The Balaban J connectivity index is 2.29. The molecule has 0 aromatic carbocycles. The van der Waals surface area contributed by atoms with Crippen LogP contribution in [0.5, 0.6) is 0 Å². The molecule has 4 heteroatoms. The van der Waals surface area contributed by atoms with Gasteiger partial charge in [-0.25, -0.2) is 0 Å². The van der Waals surface area contributed by atoms with Gasteiger partial charge >= 0.3 is 0 Å². The summed E-state index contributed by atoms with van der Waals surface area (Å²) in [5, 5.41) is 6.00. The molecule has 0 bridgehead atoms. The van der Waals surface area contributed by atoms with Crippen LogP contribution in [0.1, 0.15) is 24.5 Å². The molecule has 1 aromatic rings. The lowest BCUT2D eigenvalue weighted by atomic mass is 10.1. The standard InChI is InChI=1S/C12H19N3O/c1-3-13-7-5-12(16)15-9-11-8-14-6-4-10(11)2/h4,6,8,13H,3,5,7,9H2,1-2H3,(H,15,16). The number of nitrogens with one attached hydrogen (secondary N) is 2. The minimum absolute atomic E-state index is 0.0733. The van der Waals surface area contributed by atoms with Crippen molar-refractivity contribution in [1.29, 1.82) is 0 Å². The summed E-state index contributed by atoms with van der Waals surface area (Å²) in [4.78, 5) is 15.5. The SMILES string of the molecule is CCNCCC(=O)NCc1cnccc1C. The summed E-state index contributed by atoms with van der Waals surface area (Å²) in [6.45, 7) is 6.23. The highest BCUT2D eigenvalue weighted by molar-refractivity contribution is 5.76. The number of aryl methyl sites for hydroxylation is 1. The molecule has 0 aliphatic carbocycles. The van der Waals surface area contributed by atoms with E-state index >= 15 is 0 Å². The number of aromatic nitrogens is 1. The van der Waals surface area contributed by atoms with Crippen LogP contribution in [-0.2, 0) is 11.3 Å². The second-order valence-electron chi connectivity index (χ2n) is 3.68. The van der Waals surface area contributed by atoms with Gasteiger partial charge in [-0.15, -0.1) is 0 Å². The van der Waals surface area contributed by atoms with Crippen LogP contribution in [0.2, 0.25) is 0 Å².